The van der Waals surface area contributed by atoms with E-state index in [2.05, 4.69) is 20.2 Å². The highest BCUT2D eigenvalue weighted by Crippen LogP contribution is 2.32. The fourth-order valence-corrected chi connectivity index (χ4v) is 3.37. The molecular formula is C20H20FN5O2. The number of rotatable bonds is 4. The van der Waals surface area contributed by atoms with Crippen molar-refractivity contribution in [2.24, 2.45) is 0 Å². The maximum Gasteiger partial charge on any atom is 0.267 e. The highest BCUT2D eigenvalue weighted by atomic mass is 19.1. The van der Waals surface area contributed by atoms with Gasteiger partial charge in [0.2, 0.25) is 11.8 Å². The lowest BCUT2D eigenvalue weighted by Gasteiger charge is -2.33. The average Bonchev–Trinajstić information content (AvgIpc) is 3.20. The molecule has 144 valence electrons. The summed E-state index contributed by atoms with van der Waals surface area (Å²) < 4.78 is 19.7. The number of aryl methyl sites for hydroxylation is 1. The number of likely N-dealkylation sites (tertiary alicyclic amines) is 1. The Morgan fingerprint density at radius 1 is 1.21 bits per heavy atom. The van der Waals surface area contributed by atoms with Crippen LogP contribution in [0.25, 0.3) is 11.6 Å². The molecule has 1 fully saturated rings. The van der Waals surface area contributed by atoms with E-state index in [9.17, 15) is 9.18 Å². The zero-order valence-electron chi connectivity index (χ0n) is 15.5. The fraction of sp³-hybridized carbons (Fsp3) is 0.350. The summed E-state index contributed by atoms with van der Waals surface area (Å²) in [6.07, 6.45) is 5.79. The van der Waals surface area contributed by atoms with Crippen LogP contribution in [0.5, 0.6) is 0 Å². The van der Waals surface area contributed by atoms with E-state index in [1.807, 2.05) is 6.92 Å². The van der Waals surface area contributed by atoms with Crippen molar-refractivity contribution in [3.8, 4) is 11.6 Å². The summed E-state index contributed by atoms with van der Waals surface area (Å²) in [6, 6.07) is 6.02. The van der Waals surface area contributed by atoms with E-state index in [0.717, 1.165) is 25.0 Å². The molecule has 1 atom stereocenters. The third-order valence-electron chi connectivity index (χ3n) is 4.85. The predicted octanol–water partition coefficient (Wildman–Crippen LogP) is 3.27. The Morgan fingerprint density at radius 3 is 2.86 bits per heavy atom. The average molecular weight is 381 g/mol. The van der Waals surface area contributed by atoms with Crippen LogP contribution in [-0.2, 0) is 11.2 Å². The van der Waals surface area contributed by atoms with Crippen molar-refractivity contribution in [3.63, 3.8) is 0 Å². The third kappa shape index (κ3) is 3.76. The minimum Gasteiger partial charge on any atom is -0.417 e. The van der Waals surface area contributed by atoms with E-state index in [1.54, 1.807) is 35.5 Å². The van der Waals surface area contributed by atoms with Crippen molar-refractivity contribution < 1.29 is 13.6 Å². The van der Waals surface area contributed by atoms with Gasteiger partial charge < -0.3 is 9.32 Å². The largest absolute Gasteiger partial charge is 0.417 e. The number of amides is 1. The van der Waals surface area contributed by atoms with Gasteiger partial charge in [-0.15, -0.1) is 10.2 Å². The van der Waals surface area contributed by atoms with E-state index in [4.69, 9.17) is 4.42 Å². The third-order valence-corrected chi connectivity index (χ3v) is 4.85. The van der Waals surface area contributed by atoms with Gasteiger partial charge >= 0.3 is 0 Å². The number of nitrogens with zero attached hydrogens (tertiary/aromatic N) is 5. The Morgan fingerprint density at radius 2 is 2.07 bits per heavy atom. The van der Waals surface area contributed by atoms with E-state index in [1.165, 1.54) is 6.07 Å². The second-order valence-corrected chi connectivity index (χ2v) is 6.86. The summed E-state index contributed by atoms with van der Waals surface area (Å²) >= 11 is 0. The molecule has 0 radical (unpaired) electrons. The Labute approximate surface area is 161 Å². The first-order valence-corrected chi connectivity index (χ1v) is 9.27. The number of aromatic nitrogens is 4. The molecular weight excluding hydrogens is 361 g/mol. The van der Waals surface area contributed by atoms with Crippen LogP contribution in [0.2, 0.25) is 0 Å². The number of hydrogen-bond acceptors (Lipinski definition) is 6. The molecule has 2 aromatic heterocycles. The minimum absolute atomic E-state index is 0.00754. The maximum absolute atomic E-state index is 13.9. The van der Waals surface area contributed by atoms with Gasteiger partial charge in [-0.05, 0) is 37.8 Å². The molecule has 0 bridgehead atoms. The molecule has 1 saturated heterocycles. The zero-order chi connectivity index (χ0) is 19.5. The van der Waals surface area contributed by atoms with Gasteiger partial charge in [0.25, 0.3) is 5.89 Å². The quantitative estimate of drug-likeness (QED) is 0.690. The highest BCUT2D eigenvalue weighted by Gasteiger charge is 2.32. The summed E-state index contributed by atoms with van der Waals surface area (Å²) in [5.41, 5.74) is 1.67. The van der Waals surface area contributed by atoms with Crippen molar-refractivity contribution in [1.82, 2.24) is 25.1 Å². The predicted molar refractivity (Wildman–Crippen MR) is 98.5 cm³/mol. The van der Waals surface area contributed by atoms with Crippen LogP contribution in [0.4, 0.5) is 4.39 Å². The number of piperidine rings is 1. The molecule has 0 saturated carbocycles. The van der Waals surface area contributed by atoms with Crippen LogP contribution in [0.15, 0.2) is 41.1 Å². The first-order valence-electron chi connectivity index (χ1n) is 9.27. The van der Waals surface area contributed by atoms with Gasteiger partial charge in [-0.25, -0.2) is 9.37 Å². The van der Waals surface area contributed by atoms with Crippen LogP contribution in [0, 0.1) is 12.7 Å². The molecule has 1 aliphatic heterocycles. The van der Waals surface area contributed by atoms with Crippen LogP contribution >= 0.6 is 0 Å². The van der Waals surface area contributed by atoms with Crippen molar-refractivity contribution in [2.75, 3.05) is 6.54 Å². The van der Waals surface area contributed by atoms with Gasteiger partial charge in [0.15, 0.2) is 0 Å². The van der Waals surface area contributed by atoms with Crippen molar-refractivity contribution in [1.29, 1.82) is 0 Å². The van der Waals surface area contributed by atoms with Gasteiger partial charge in [-0.2, -0.15) is 0 Å². The van der Waals surface area contributed by atoms with Gasteiger partial charge in [0.05, 0.1) is 18.3 Å². The Bertz CT molecular complexity index is 973. The minimum atomic E-state index is -0.373. The lowest BCUT2D eigenvalue weighted by atomic mass is 10.0. The second kappa shape index (κ2) is 7.84. The maximum atomic E-state index is 13.9. The van der Waals surface area contributed by atoms with E-state index < -0.39 is 0 Å². The molecule has 0 unspecified atom stereocenters. The second-order valence-electron chi connectivity index (χ2n) is 6.86. The molecule has 7 nitrogen and oxygen atoms in total. The molecule has 0 spiro atoms. The first kappa shape index (κ1) is 18.2. The molecule has 0 aliphatic carbocycles. The Hall–Kier alpha value is -3.16. The van der Waals surface area contributed by atoms with Crippen LogP contribution in [-0.4, -0.2) is 37.5 Å². The van der Waals surface area contributed by atoms with Crippen LogP contribution in [0.3, 0.4) is 0 Å². The normalized spacial score (nSPS) is 16.9. The summed E-state index contributed by atoms with van der Waals surface area (Å²) in [5, 5.41) is 8.21. The van der Waals surface area contributed by atoms with Gasteiger partial charge in [-0.1, -0.05) is 18.2 Å². The Balaban J connectivity index is 1.55. The summed E-state index contributed by atoms with van der Waals surface area (Å²) in [6.45, 7) is 2.43. The SMILES string of the molecule is Cc1cnc(-c2nnc([C@@H]3CCCCN3C(=O)Cc3ccccc3F)o2)cn1. The number of carbonyl (C=O) groups is 1. The molecule has 1 aliphatic rings. The molecule has 3 heterocycles. The molecule has 0 N–H and O–H groups in total. The number of halogens is 1. The summed E-state index contributed by atoms with van der Waals surface area (Å²) in [5.74, 6) is 0.126. The lowest BCUT2D eigenvalue weighted by molar-refractivity contribution is -0.135. The molecule has 1 amide bonds. The van der Waals surface area contributed by atoms with Gasteiger partial charge in [0.1, 0.15) is 17.6 Å². The Kier molecular flexibility index (Phi) is 5.10. The standard InChI is InChI=1S/C20H20FN5O2/c1-13-11-23-16(12-22-13)19-24-25-20(28-19)17-8-4-5-9-26(17)18(27)10-14-6-2-3-7-15(14)21/h2-3,6-7,11-12,17H,4-5,8-10H2,1H3/t17-/m0/s1. The van der Waals surface area contributed by atoms with Crippen LogP contribution in [0.1, 0.15) is 42.5 Å². The van der Waals surface area contributed by atoms with E-state index in [-0.39, 0.29) is 30.1 Å². The van der Waals surface area contributed by atoms with Crippen molar-refractivity contribution in [3.05, 3.63) is 59.6 Å². The van der Waals surface area contributed by atoms with Crippen LogP contribution < -0.4 is 0 Å². The number of hydrogen-bond donors (Lipinski definition) is 0. The topological polar surface area (TPSA) is 85.0 Å². The van der Waals surface area contributed by atoms with Crippen molar-refractivity contribution >= 4 is 5.91 Å². The molecule has 8 heteroatoms. The van der Waals surface area contributed by atoms with E-state index in [0.29, 0.717) is 23.7 Å². The van der Waals surface area contributed by atoms with Gasteiger partial charge in [-0.3, -0.25) is 9.78 Å². The van der Waals surface area contributed by atoms with Crippen molar-refractivity contribution in [2.45, 2.75) is 38.6 Å². The summed E-state index contributed by atoms with van der Waals surface area (Å²) in [4.78, 5) is 23.0. The smallest absolute Gasteiger partial charge is 0.267 e. The number of carbonyl (C=O) groups excluding carboxylic acids is 1. The zero-order valence-corrected chi connectivity index (χ0v) is 15.5. The number of benzene rings is 1. The fourth-order valence-electron chi connectivity index (χ4n) is 3.37. The lowest BCUT2D eigenvalue weighted by Crippen LogP contribution is -2.39. The van der Waals surface area contributed by atoms with Gasteiger partial charge in [0, 0.05) is 12.7 Å². The monoisotopic (exact) mass is 381 g/mol. The first-order chi connectivity index (χ1) is 13.6. The molecule has 4 rings (SSSR count). The van der Waals surface area contributed by atoms with E-state index >= 15 is 0 Å². The molecule has 1 aromatic carbocycles. The molecule has 3 aromatic rings. The highest BCUT2D eigenvalue weighted by molar-refractivity contribution is 5.79. The summed E-state index contributed by atoms with van der Waals surface area (Å²) in [7, 11) is 0. The molecule has 28 heavy (non-hydrogen) atoms.